The number of carbonyl (C=O) groups excluding carboxylic acids is 2. The molecule has 3 atom stereocenters. The molecule has 0 bridgehead atoms. The molecule has 0 spiro atoms. The minimum absolute atomic E-state index is 0.0117. The zero-order valence-corrected chi connectivity index (χ0v) is 15.7. The van der Waals surface area contributed by atoms with E-state index in [1.807, 2.05) is 34.6 Å². The minimum Gasteiger partial charge on any atom is -0.351 e. The van der Waals surface area contributed by atoms with E-state index in [9.17, 15) is 9.59 Å². The summed E-state index contributed by atoms with van der Waals surface area (Å²) in [5.41, 5.74) is 1.80. The number of hydrogen-bond donors (Lipinski definition) is 1. The number of nitrogens with one attached hydrogen (secondary N) is 1. The lowest BCUT2D eigenvalue weighted by molar-refractivity contribution is -0.122. The van der Waals surface area contributed by atoms with Gasteiger partial charge in [0.05, 0.1) is 24.6 Å². The molecule has 2 aliphatic heterocycles. The molecule has 1 aromatic carbocycles. The average Bonchev–Trinajstić information content (AvgIpc) is 3.28. The van der Waals surface area contributed by atoms with E-state index in [0.717, 1.165) is 19.3 Å². The summed E-state index contributed by atoms with van der Waals surface area (Å²) in [6.45, 7) is 3.34. The predicted molar refractivity (Wildman–Crippen MR) is 102 cm³/mol. The molecule has 0 saturated carbocycles. The molecule has 142 valence electrons. The summed E-state index contributed by atoms with van der Waals surface area (Å²) in [7, 11) is 0. The second kappa shape index (κ2) is 7.55. The second-order valence-corrected chi connectivity index (χ2v) is 7.45. The van der Waals surface area contributed by atoms with E-state index in [4.69, 9.17) is 0 Å². The molecule has 1 aromatic heterocycles. The Hall–Kier alpha value is -2.63. The number of aryl methyl sites for hydroxylation is 1. The van der Waals surface area contributed by atoms with Crippen LogP contribution >= 0.6 is 0 Å². The quantitative estimate of drug-likeness (QED) is 0.908. The largest absolute Gasteiger partial charge is 0.351 e. The number of fused-ring (bicyclic) bond motifs is 1. The lowest BCUT2D eigenvalue weighted by Crippen LogP contribution is -2.49. The van der Waals surface area contributed by atoms with Gasteiger partial charge in [-0.15, -0.1) is 0 Å². The third-order valence-corrected chi connectivity index (χ3v) is 5.88. The van der Waals surface area contributed by atoms with Crippen molar-refractivity contribution in [1.29, 1.82) is 0 Å². The number of rotatable bonds is 3. The van der Waals surface area contributed by atoms with E-state index in [1.165, 1.54) is 5.56 Å². The van der Waals surface area contributed by atoms with Gasteiger partial charge in [-0.1, -0.05) is 36.8 Å². The molecule has 6 heteroatoms. The van der Waals surface area contributed by atoms with Crippen molar-refractivity contribution in [3.8, 4) is 0 Å². The molecule has 3 heterocycles. The third kappa shape index (κ3) is 3.36. The molecule has 6 nitrogen and oxygen atoms in total. The maximum absolute atomic E-state index is 13.4. The standard InChI is InChI=1S/C21H26N4O2/c1-2-24-14-22-12-18(24)21(27)25-13-16(15-8-4-3-5-9-15)20-17(25)10-6-7-11-19(26)23-20/h3-5,8-9,12,14,16-17,20H,2,6-7,10-11,13H2,1H3,(H,23,26)/t16-,17+,20-/m0/s1. The number of hydrogen-bond acceptors (Lipinski definition) is 3. The molecule has 0 aliphatic carbocycles. The summed E-state index contributed by atoms with van der Waals surface area (Å²) in [6, 6.07) is 10.2. The van der Waals surface area contributed by atoms with Crippen molar-refractivity contribution in [3.63, 3.8) is 0 Å². The van der Waals surface area contributed by atoms with Gasteiger partial charge in [0.15, 0.2) is 0 Å². The molecule has 2 saturated heterocycles. The molecule has 0 radical (unpaired) electrons. The van der Waals surface area contributed by atoms with Gasteiger partial charge in [-0.25, -0.2) is 4.98 Å². The normalized spacial score (nSPS) is 25.4. The summed E-state index contributed by atoms with van der Waals surface area (Å²) in [5.74, 6) is 0.219. The van der Waals surface area contributed by atoms with Crippen LogP contribution in [0.3, 0.4) is 0 Å². The number of amides is 2. The highest BCUT2D eigenvalue weighted by Gasteiger charge is 2.45. The maximum atomic E-state index is 13.4. The van der Waals surface area contributed by atoms with E-state index < -0.39 is 0 Å². The molecule has 27 heavy (non-hydrogen) atoms. The number of imidazole rings is 1. The molecule has 2 aromatic rings. The second-order valence-electron chi connectivity index (χ2n) is 7.45. The molecule has 2 aliphatic rings. The van der Waals surface area contributed by atoms with E-state index in [1.54, 1.807) is 12.5 Å². The van der Waals surface area contributed by atoms with E-state index in [0.29, 0.717) is 25.2 Å². The van der Waals surface area contributed by atoms with Gasteiger partial charge < -0.3 is 14.8 Å². The Kier molecular flexibility index (Phi) is 4.97. The molecule has 2 amide bonds. The smallest absolute Gasteiger partial charge is 0.272 e. The first kappa shape index (κ1) is 17.8. The highest BCUT2D eigenvalue weighted by molar-refractivity contribution is 5.93. The predicted octanol–water partition coefficient (Wildman–Crippen LogP) is 2.57. The Morgan fingerprint density at radius 2 is 2.07 bits per heavy atom. The van der Waals surface area contributed by atoms with Crippen molar-refractivity contribution in [1.82, 2.24) is 19.8 Å². The topological polar surface area (TPSA) is 67.2 Å². The zero-order chi connectivity index (χ0) is 18.8. The average molecular weight is 366 g/mol. The van der Waals surface area contributed by atoms with Crippen molar-refractivity contribution in [2.45, 2.75) is 57.2 Å². The van der Waals surface area contributed by atoms with Crippen molar-refractivity contribution in [2.75, 3.05) is 6.54 Å². The Labute approximate surface area is 159 Å². The van der Waals surface area contributed by atoms with Crippen molar-refractivity contribution in [2.24, 2.45) is 0 Å². The van der Waals surface area contributed by atoms with E-state index in [-0.39, 0.29) is 29.8 Å². The molecule has 2 fully saturated rings. The highest BCUT2D eigenvalue weighted by atomic mass is 16.2. The fourth-order valence-corrected chi connectivity index (χ4v) is 4.50. The van der Waals surface area contributed by atoms with Crippen LogP contribution < -0.4 is 5.32 Å². The first-order valence-electron chi connectivity index (χ1n) is 9.84. The SMILES string of the molecule is CCn1cncc1C(=O)N1C[C@@H](c2ccccc2)[C@@H]2NC(=O)CCCC[C@H]21. The van der Waals surface area contributed by atoms with Crippen molar-refractivity contribution < 1.29 is 9.59 Å². The summed E-state index contributed by atoms with van der Waals surface area (Å²) in [6.07, 6.45) is 6.68. The van der Waals surface area contributed by atoms with Gasteiger partial charge in [0, 0.05) is 25.4 Å². The minimum atomic E-state index is -0.0397. The summed E-state index contributed by atoms with van der Waals surface area (Å²) in [5, 5.41) is 3.23. The van der Waals surface area contributed by atoms with Crippen LogP contribution in [0.15, 0.2) is 42.9 Å². The fraction of sp³-hybridized carbons (Fsp3) is 0.476. The van der Waals surface area contributed by atoms with Gasteiger partial charge in [0.1, 0.15) is 5.69 Å². The van der Waals surface area contributed by atoms with Gasteiger partial charge in [0.25, 0.3) is 5.91 Å². The van der Waals surface area contributed by atoms with Crippen LogP contribution in [0.1, 0.15) is 54.6 Å². The van der Waals surface area contributed by atoms with Crippen LogP contribution in [0.5, 0.6) is 0 Å². The lowest BCUT2D eigenvalue weighted by Gasteiger charge is -2.31. The summed E-state index contributed by atoms with van der Waals surface area (Å²) in [4.78, 5) is 31.8. The molecular formula is C21H26N4O2. The molecular weight excluding hydrogens is 340 g/mol. The number of likely N-dealkylation sites (tertiary alicyclic amines) is 1. The number of aromatic nitrogens is 2. The number of benzene rings is 1. The van der Waals surface area contributed by atoms with Gasteiger partial charge in [0.2, 0.25) is 5.91 Å². The van der Waals surface area contributed by atoms with Crippen molar-refractivity contribution >= 4 is 11.8 Å². The molecule has 0 unspecified atom stereocenters. The Balaban J connectivity index is 1.69. The summed E-state index contributed by atoms with van der Waals surface area (Å²) < 4.78 is 1.88. The monoisotopic (exact) mass is 366 g/mol. The first-order valence-corrected chi connectivity index (χ1v) is 9.84. The van der Waals surface area contributed by atoms with E-state index >= 15 is 0 Å². The van der Waals surface area contributed by atoms with E-state index in [2.05, 4.69) is 22.4 Å². The molecule has 1 N–H and O–H groups in total. The first-order chi connectivity index (χ1) is 13.2. The van der Waals surface area contributed by atoms with Crippen LogP contribution in [-0.4, -0.2) is 44.9 Å². The van der Waals surface area contributed by atoms with Gasteiger partial charge in [-0.2, -0.15) is 0 Å². The Morgan fingerprint density at radius 1 is 1.26 bits per heavy atom. The third-order valence-electron chi connectivity index (χ3n) is 5.88. The van der Waals surface area contributed by atoms with Crippen LogP contribution in [-0.2, 0) is 11.3 Å². The lowest BCUT2D eigenvalue weighted by atomic mass is 9.88. The van der Waals surface area contributed by atoms with Gasteiger partial charge in [-0.3, -0.25) is 9.59 Å². The van der Waals surface area contributed by atoms with Gasteiger partial charge >= 0.3 is 0 Å². The number of nitrogens with zero attached hydrogens (tertiary/aromatic N) is 3. The van der Waals surface area contributed by atoms with Crippen LogP contribution in [0.4, 0.5) is 0 Å². The summed E-state index contributed by atoms with van der Waals surface area (Å²) >= 11 is 0. The van der Waals surface area contributed by atoms with Crippen LogP contribution in [0.25, 0.3) is 0 Å². The highest BCUT2D eigenvalue weighted by Crippen LogP contribution is 2.36. The zero-order valence-electron chi connectivity index (χ0n) is 15.7. The van der Waals surface area contributed by atoms with Crippen LogP contribution in [0.2, 0.25) is 0 Å². The Morgan fingerprint density at radius 3 is 2.85 bits per heavy atom. The number of carbonyl (C=O) groups is 2. The fourth-order valence-electron chi connectivity index (χ4n) is 4.50. The molecule has 4 rings (SSSR count). The van der Waals surface area contributed by atoms with Crippen molar-refractivity contribution in [3.05, 3.63) is 54.1 Å². The Bertz CT molecular complexity index is 817. The van der Waals surface area contributed by atoms with Gasteiger partial charge in [-0.05, 0) is 25.3 Å². The maximum Gasteiger partial charge on any atom is 0.272 e. The van der Waals surface area contributed by atoms with Crippen LogP contribution in [0, 0.1) is 0 Å².